The minimum absolute atomic E-state index is 0.192. The zero-order valence-corrected chi connectivity index (χ0v) is 17.9. The second-order valence-corrected chi connectivity index (χ2v) is 7.08. The van der Waals surface area contributed by atoms with Gasteiger partial charge < -0.3 is 14.2 Å². The molecule has 0 aliphatic carbocycles. The third-order valence-corrected chi connectivity index (χ3v) is 4.95. The van der Waals surface area contributed by atoms with Crippen molar-refractivity contribution in [3.63, 3.8) is 0 Å². The fourth-order valence-corrected chi connectivity index (χ4v) is 3.49. The molecule has 1 saturated heterocycles. The Labute approximate surface area is 185 Å². The monoisotopic (exact) mass is 439 g/mol. The predicted molar refractivity (Wildman–Crippen MR) is 117 cm³/mol. The van der Waals surface area contributed by atoms with E-state index in [1.807, 2.05) is 6.07 Å². The Balaban J connectivity index is 1.63. The number of rotatable bonds is 9. The number of imidazole rings is 1. The molecule has 9 nitrogen and oxygen atoms in total. The van der Waals surface area contributed by atoms with Gasteiger partial charge in [0, 0.05) is 13.5 Å². The molecule has 1 aromatic heterocycles. The SMILES string of the molecule is C#CCOCCOCCOCC#Cc1cccc2c1n(C)c(=O)n2C1CCC(=O)NC1=O. The summed E-state index contributed by atoms with van der Waals surface area (Å²) in [6.07, 6.45) is 5.55. The summed E-state index contributed by atoms with van der Waals surface area (Å²) in [7, 11) is 1.64. The number of carbonyl (C=O) groups excluding carboxylic acids is 2. The average molecular weight is 439 g/mol. The van der Waals surface area contributed by atoms with Gasteiger partial charge in [-0.05, 0) is 18.6 Å². The minimum atomic E-state index is -0.729. The van der Waals surface area contributed by atoms with Gasteiger partial charge in [-0.3, -0.25) is 24.0 Å². The molecule has 168 valence electrons. The first-order chi connectivity index (χ1) is 15.5. The van der Waals surface area contributed by atoms with Crippen molar-refractivity contribution in [1.82, 2.24) is 14.5 Å². The van der Waals surface area contributed by atoms with Crippen molar-refractivity contribution in [3.8, 4) is 24.2 Å². The zero-order valence-electron chi connectivity index (χ0n) is 17.9. The molecular weight excluding hydrogens is 414 g/mol. The molecule has 0 spiro atoms. The molecule has 9 heteroatoms. The Kier molecular flexibility index (Phi) is 8.23. The van der Waals surface area contributed by atoms with Gasteiger partial charge in [0.25, 0.3) is 0 Å². The van der Waals surface area contributed by atoms with E-state index in [0.717, 1.165) is 0 Å². The highest BCUT2D eigenvalue weighted by atomic mass is 16.5. The fourth-order valence-electron chi connectivity index (χ4n) is 3.49. The van der Waals surface area contributed by atoms with E-state index in [0.29, 0.717) is 43.0 Å². The van der Waals surface area contributed by atoms with Crippen LogP contribution in [0.3, 0.4) is 0 Å². The molecule has 1 N–H and O–H groups in total. The summed E-state index contributed by atoms with van der Waals surface area (Å²) < 4.78 is 18.8. The van der Waals surface area contributed by atoms with Crippen LogP contribution >= 0.6 is 0 Å². The van der Waals surface area contributed by atoms with Crippen LogP contribution < -0.4 is 11.0 Å². The van der Waals surface area contributed by atoms with Gasteiger partial charge in [-0.2, -0.15) is 0 Å². The van der Waals surface area contributed by atoms with Crippen molar-refractivity contribution >= 4 is 22.8 Å². The van der Waals surface area contributed by atoms with Crippen molar-refractivity contribution in [2.75, 3.05) is 39.6 Å². The lowest BCUT2D eigenvalue weighted by atomic mass is 10.1. The second-order valence-electron chi connectivity index (χ2n) is 7.08. The van der Waals surface area contributed by atoms with Crippen LogP contribution in [0.5, 0.6) is 0 Å². The largest absolute Gasteiger partial charge is 0.377 e. The van der Waals surface area contributed by atoms with Crippen molar-refractivity contribution < 1.29 is 23.8 Å². The van der Waals surface area contributed by atoms with Gasteiger partial charge in [-0.25, -0.2) is 4.79 Å². The number of amides is 2. The van der Waals surface area contributed by atoms with E-state index in [4.69, 9.17) is 20.6 Å². The normalized spacial score (nSPS) is 15.8. The molecule has 1 aromatic carbocycles. The van der Waals surface area contributed by atoms with Gasteiger partial charge in [-0.1, -0.05) is 23.8 Å². The van der Waals surface area contributed by atoms with E-state index in [2.05, 4.69) is 23.1 Å². The third kappa shape index (κ3) is 5.45. The Morgan fingerprint density at radius 1 is 1.09 bits per heavy atom. The molecule has 2 amide bonds. The number of aromatic nitrogens is 2. The maximum absolute atomic E-state index is 12.9. The first-order valence-electron chi connectivity index (χ1n) is 10.2. The average Bonchev–Trinajstić information content (AvgIpc) is 3.03. The van der Waals surface area contributed by atoms with Gasteiger partial charge >= 0.3 is 5.69 Å². The minimum Gasteiger partial charge on any atom is -0.377 e. The predicted octanol–water partition coefficient (Wildman–Crippen LogP) is 0.352. The number of para-hydroxylation sites is 1. The molecule has 32 heavy (non-hydrogen) atoms. The Morgan fingerprint density at radius 2 is 1.81 bits per heavy atom. The Hall–Kier alpha value is -3.37. The topological polar surface area (TPSA) is 101 Å². The molecule has 1 atom stereocenters. The second kappa shape index (κ2) is 11.3. The van der Waals surface area contributed by atoms with Gasteiger partial charge in [-0.15, -0.1) is 6.42 Å². The highest BCUT2D eigenvalue weighted by Crippen LogP contribution is 2.24. The van der Waals surface area contributed by atoms with E-state index < -0.39 is 11.9 Å². The number of carbonyl (C=O) groups is 2. The molecule has 1 aliphatic heterocycles. The molecule has 2 heterocycles. The number of nitrogens with one attached hydrogen (secondary N) is 1. The van der Waals surface area contributed by atoms with E-state index in [9.17, 15) is 14.4 Å². The number of aryl methyl sites for hydroxylation is 1. The van der Waals surface area contributed by atoms with Crippen LogP contribution in [-0.4, -0.2) is 60.6 Å². The Bertz CT molecular complexity index is 1140. The molecule has 2 aromatic rings. The fraction of sp³-hybridized carbons (Fsp3) is 0.435. The highest BCUT2D eigenvalue weighted by Gasteiger charge is 2.31. The van der Waals surface area contributed by atoms with E-state index in [1.54, 1.807) is 19.2 Å². The van der Waals surface area contributed by atoms with Gasteiger partial charge in [0.1, 0.15) is 19.3 Å². The Morgan fingerprint density at radius 3 is 2.53 bits per heavy atom. The molecule has 3 rings (SSSR count). The van der Waals surface area contributed by atoms with Crippen molar-refractivity contribution in [3.05, 3.63) is 34.2 Å². The van der Waals surface area contributed by atoms with Crippen LogP contribution in [0, 0.1) is 24.2 Å². The summed E-state index contributed by atoms with van der Waals surface area (Å²) in [5.74, 6) is 7.56. The molecule has 0 radical (unpaired) electrons. The summed E-state index contributed by atoms with van der Waals surface area (Å²) in [6.45, 7) is 2.15. The number of ether oxygens (including phenoxy) is 3. The van der Waals surface area contributed by atoms with Crippen LogP contribution in [0.2, 0.25) is 0 Å². The van der Waals surface area contributed by atoms with Crippen LogP contribution in [0.1, 0.15) is 24.4 Å². The molecule has 1 aliphatic rings. The molecule has 1 fully saturated rings. The van der Waals surface area contributed by atoms with Crippen LogP contribution in [0.4, 0.5) is 0 Å². The maximum atomic E-state index is 12.9. The summed E-state index contributed by atoms with van der Waals surface area (Å²) in [6, 6.07) is 4.63. The lowest BCUT2D eigenvalue weighted by Crippen LogP contribution is -2.44. The lowest BCUT2D eigenvalue weighted by Gasteiger charge is -2.21. The molecule has 1 unspecified atom stereocenters. The number of benzene rings is 1. The smallest absolute Gasteiger partial charge is 0.329 e. The first kappa shape index (κ1) is 23.3. The van der Waals surface area contributed by atoms with E-state index in [-0.39, 0.29) is 37.7 Å². The third-order valence-electron chi connectivity index (χ3n) is 4.95. The molecular formula is C23H25N3O6. The van der Waals surface area contributed by atoms with Crippen molar-refractivity contribution in [1.29, 1.82) is 0 Å². The van der Waals surface area contributed by atoms with Gasteiger partial charge in [0.05, 0.1) is 43.0 Å². The number of hydrogen-bond donors (Lipinski definition) is 1. The summed E-state index contributed by atoms with van der Waals surface area (Å²) in [5, 5.41) is 2.30. The number of hydrogen-bond acceptors (Lipinski definition) is 6. The quantitative estimate of drug-likeness (QED) is 0.344. The molecule has 0 bridgehead atoms. The summed E-state index contributed by atoms with van der Waals surface area (Å²) in [4.78, 5) is 36.7. The number of terminal acetylenes is 1. The van der Waals surface area contributed by atoms with Crippen molar-refractivity contribution in [2.24, 2.45) is 7.05 Å². The van der Waals surface area contributed by atoms with E-state index >= 15 is 0 Å². The zero-order chi connectivity index (χ0) is 22.9. The van der Waals surface area contributed by atoms with Gasteiger partial charge in [0.2, 0.25) is 11.8 Å². The van der Waals surface area contributed by atoms with Crippen LogP contribution in [0.15, 0.2) is 23.0 Å². The standard InChI is InChI=1S/C23H25N3O6/c1-3-11-30-13-15-32-16-14-31-12-5-7-17-6-4-8-18-21(17)25(2)23(29)26(18)19-9-10-20(27)24-22(19)28/h1,4,6,8,19H,9-16H2,2H3,(H,24,27,28). The highest BCUT2D eigenvalue weighted by molar-refractivity contribution is 6.00. The maximum Gasteiger partial charge on any atom is 0.329 e. The van der Waals surface area contributed by atoms with Gasteiger partial charge in [0.15, 0.2) is 0 Å². The first-order valence-corrected chi connectivity index (χ1v) is 10.2. The van der Waals surface area contributed by atoms with Crippen molar-refractivity contribution in [2.45, 2.75) is 18.9 Å². The summed E-state index contributed by atoms with van der Waals surface area (Å²) in [5.41, 5.74) is 1.55. The number of nitrogens with zero attached hydrogens (tertiary/aromatic N) is 2. The van der Waals surface area contributed by atoms with E-state index in [1.165, 1.54) is 9.13 Å². The lowest BCUT2D eigenvalue weighted by molar-refractivity contribution is -0.135. The number of fused-ring (bicyclic) bond motifs is 1. The van der Waals surface area contributed by atoms with Crippen LogP contribution in [0.25, 0.3) is 11.0 Å². The van der Waals surface area contributed by atoms with Crippen LogP contribution in [-0.2, 0) is 30.8 Å². The molecule has 0 saturated carbocycles. The number of imide groups is 1. The summed E-state index contributed by atoms with van der Waals surface area (Å²) >= 11 is 0. The number of piperidine rings is 1.